The van der Waals surface area contributed by atoms with Crippen molar-refractivity contribution in [2.75, 3.05) is 6.61 Å². The van der Waals surface area contributed by atoms with Gasteiger partial charge in [-0.2, -0.15) is 0 Å². The van der Waals surface area contributed by atoms with Crippen molar-refractivity contribution in [2.24, 2.45) is 5.92 Å². The second kappa shape index (κ2) is 5.13. The smallest absolute Gasteiger partial charge is 0.417 e. The third-order valence-corrected chi connectivity index (χ3v) is 5.07. The van der Waals surface area contributed by atoms with Gasteiger partial charge in [-0.15, -0.1) is 11.8 Å². The molecule has 0 spiro atoms. The molecule has 2 heterocycles. The molecule has 106 valence electrons. The first kappa shape index (κ1) is 13.5. The normalized spacial score (nSPS) is 28.6. The molecule has 3 rings (SSSR count). The van der Waals surface area contributed by atoms with E-state index < -0.39 is 6.09 Å². The number of nitrogens with zero attached hydrogens (tertiary/aromatic N) is 1. The predicted molar refractivity (Wildman–Crippen MR) is 77.4 cm³/mol. The van der Waals surface area contributed by atoms with Gasteiger partial charge in [0.2, 0.25) is 5.91 Å². The quantitative estimate of drug-likeness (QED) is 0.803. The van der Waals surface area contributed by atoms with Crippen LogP contribution in [0.1, 0.15) is 24.7 Å². The molecule has 1 aromatic rings. The molecule has 3 atom stereocenters. The molecule has 4 nitrogen and oxygen atoms in total. The van der Waals surface area contributed by atoms with Crippen LogP contribution >= 0.6 is 11.8 Å². The van der Waals surface area contributed by atoms with Crippen molar-refractivity contribution in [1.82, 2.24) is 4.90 Å². The molecule has 0 unspecified atom stereocenters. The van der Waals surface area contributed by atoms with Crippen LogP contribution in [-0.2, 0) is 9.53 Å². The third-order valence-electron chi connectivity index (χ3n) is 3.78. The zero-order chi connectivity index (χ0) is 14.3. The number of carbonyl (C=O) groups excluding carboxylic acids is 2. The first-order valence-corrected chi connectivity index (χ1v) is 7.74. The number of amides is 2. The van der Waals surface area contributed by atoms with Gasteiger partial charge in [0.15, 0.2) is 0 Å². The lowest BCUT2D eigenvalue weighted by atomic mass is 10.0. The number of ether oxygens (including phenoxy) is 1. The van der Waals surface area contributed by atoms with Crippen LogP contribution in [0.3, 0.4) is 0 Å². The van der Waals surface area contributed by atoms with Crippen LogP contribution < -0.4 is 0 Å². The molecule has 2 fully saturated rings. The maximum Gasteiger partial charge on any atom is 0.417 e. The Morgan fingerprint density at radius 1 is 1.35 bits per heavy atom. The largest absolute Gasteiger partial charge is 0.447 e. The molecule has 0 aliphatic carbocycles. The Labute approximate surface area is 122 Å². The third kappa shape index (κ3) is 2.30. The highest BCUT2D eigenvalue weighted by Crippen LogP contribution is 2.56. The van der Waals surface area contributed by atoms with Crippen molar-refractivity contribution in [3.05, 3.63) is 35.9 Å². The molecular formula is C15H17NO3S. The summed E-state index contributed by atoms with van der Waals surface area (Å²) < 4.78 is 5.04. The number of imide groups is 1. The molecule has 0 radical (unpaired) electrons. The van der Waals surface area contributed by atoms with Gasteiger partial charge in [-0.25, -0.2) is 9.69 Å². The summed E-state index contributed by atoms with van der Waals surface area (Å²) in [5.41, 5.74) is 1.14. The van der Waals surface area contributed by atoms with E-state index in [1.165, 1.54) is 4.90 Å². The van der Waals surface area contributed by atoms with Gasteiger partial charge in [-0.3, -0.25) is 4.79 Å². The Morgan fingerprint density at radius 2 is 2.05 bits per heavy atom. The van der Waals surface area contributed by atoms with Gasteiger partial charge in [0.05, 0.1) is 11.3 Å². The van der Waals surface area contributed by atoms with Crippen LogP contribution in [-0.4, -0.2) is 34.8 Å². The second-order valence-electron chi connectivity index (χ2n) is 5.48. The molecule has 2 saturated heterocycles. The second-order valence-corrected chi connectivity index (χ2v) is 6.77. The van der Waals surface area contributed by atoms with E-state index in [2.05, 4.69) is 0 Å². The Balaban J connectivity index is 1.73. The minimum absolute atomic E-state index is 0.106. The summed E-state index contributed by atoms with van der Waals surface area (Å²) in [6.45, 7) is 4.32. The fourth-order valence-corrected chi connectivity index (χ4v) is 3.56. The Hall–Kier alpha value is -1.49. The Bertz CT molecular complexity index is 531. The number of benzene rings is 1. The molecule has 1 aromatic carbocycles. The fraction of sp³-hybridized carbons (Fsp3) is 0.467. The van der Waals surface area contributed by atoms with Crippen LogP contribution in [0.4, 0.5) is 4.79 Å². The molecule has 2 aliphatic heterocycles. The maximum atomic E-state index is 12.5. The predicted octanol–water partition coefficient (Wildman–Crippen LogP) is 2.85. The zero-order valence-electron chi connectivity index (χ0n) is 11.5. The Kier molecular flexibility index (Phi) is 3.46. The lowest BCUT2D eigenvalue weighted by molar-refractivity contribution is -0.128. The first-order chi connectivity index (χ1) is 9.59. The highest BCUT2D eigenvalue weighted by Gasteiger charge is 2.52. The maximum absolute atomic E-state index is 12.5. The van der Waals surface area contributed by atoms with Gasteiger partial charge < -0.3 is 4.74 Å². The minimum atomic E-state index is -0.493. The summed E-state index contributed by atoms with van der Waals surface area (Å²) in [5, 5.41) is 0.0224. The molecular weight excluding hydrogens is 274 g/mol. The summed E-state index contributed by atoms with van der Waals surface area (Å²) >= 11 is 1.60. The molecule has 20 heavy (non-hydrogen) atoms. The number of hydrogen-bond donors (Lipinski definition) is 0. The van der Waals surface area contributed by atoms with Gasteiger partial charge >= 0.3 is 6.09 Å². The van der Waals surface area contributed by atoms with Gasteiger partial charge in [-0.1, -0.05) is 44.2 Å². The summed E-state index contributed by atoms with van der Waals surface area (Å²) in [6, 6.07) is 9.81. The summed E-state index contributed by atoms with van der Waals surface area (Å²) in [6.07, 6.45) is -0.493. The molecule has 0 saturated carbocycles. The van der Waals surface area contributed by atoms with E-state index in [1.54, 1.807) is 11.8 Å². The number of hydrogen-bond acceptors (Lipinski definition) is 4. The standard InChI is InChI=1S/C15H17NO3S/c1-9(2)11-8-19-15(18)16(11)14(17)13-12(20-13)10-6-4-3-5-7-10/h3-7,9,11-13H,8H2,1-2H3/t11-,12+,13-/m1/s1. The van der Waals surface area contributed by atoms with Crippen molar-refractivity contribution < 1.29 is 14.3 Å². The Morgan fingerprint density at radius 3 is 2.70 bits per heavy atom. The van der Waals surface area contributed by atoms with Gasteiger partial charge in [-0.05, 0) is 11.5 Å². The van der Waals surface area contributed by atoms with Crippen molar-refractivity contribution in [1.29, 1.82) is 0 Å². The number of carbonyl (C=O) groups is 2. The van der Waals surface area contributed by atoms with E-state index in [9.17, 15) is 9.59 Å². The molecule has 0 aromatic heterocycles. The van der Waals surface area contributed by atoms with Crippen molar-refractivity contribution in [2.45, 2.75) is 30.4 Å². The van der Waals surface area contributed by atoms with E-state index in [4.69, 9.17) is 4.74 Å². The molecule has 2 aliphatic rings. The molecule has 5 heteroatoms. The lowest BCUT2D eigenvalue weighted by Crippen LogP contribution is -2.43. The average molecular weight is 291 g/mol. The topological polar surface area (TPSA) is 46.6 Å². The van der Waals surface area contributed by atoms with Crippen molar-refractivity contribution >= 4 is 23.8 Å². The minimum Gasteiger partial charge on any atom is -0.447 e. The summed E-state index contributed by atoms with van der Waals surface area (Å²) in [7, 11) is 0. The van der Waals surface area contributed by atoms with E-state index in [0.29, 0.717) is 6.61 Å². The molecule has 0 N–H and O–H groups in total. The zero-order valence-corrected chi connectivity index (χ0v) is 12.3. The van der Waals surface area contributed by atoms with Gasteiger partial charge in [0, 0.05) is 0 Å². The molecule has 0 bridgehead atoms. The van der Waals surface area contributed by atoms with Gasteiger partial charge in [0.25, 0.3) is 0 Å². The van der Waals surface area contributed by atoms with Crippen LogP contribution in [0.5, 0.6) is 0 Å². The summed E-state index contributed by atoms with van der Waals surface area (Å²) in [4.78, 5) is 25.6. The summed E-state index contributed by atoms with van der Waals surface area (Å²) in [5.74, 6) is 0.106. The number of rotatable bonds is 3. The van der Waals surface area contributed by atoms with Crippen molar-refractivity contribution in [3.8, 4) is 0 Å². The molecule has 2 amide bonds. The van der Waals surface area contributed by atoms with Crippen LogP contribution in [0.25, 0.3) is 0 Å². The van der Waals surface area contributed by atoms with Crippen LogP contribution in [0, 0.1) is 5.92 Å². The van der Waals surface area contributed by atoms with E-state index in [1.807, 2.05) is 44.2 Å². The highest BCUT2D eigenvalue weighted by atomic mass is 32.2. The highest BCUT2D eigenvalue weighted by molar-refractivity contribution is 8.08. The first-order valence-electron chi connectivity index (χ1n) is 6.80. The fourth-order valence-electron chi connectivity index (χ4n) is 2.51. The van der Waals surface area contributed by atoms with Crippen LogP contribution in [0.2, 0.25) is 0 Å². The number of thioether (sulfide) groups is 1. The van der Waals surface area contributed by atoms with E-state index >= 15 is 0 Å². The SMILES string of the molecule is CC(C)[C@H]1COC(=O)N1C(=O)[C@@H]1S[C@H]1c1ccccc1. The monoisotopic (exact) mass is 291 g/mol. The lowest BCUT2D eigenvalue weighted by Gasteiger charge is -2.22. The van der Waals surface area contributed by atoms with Crippen LogP contribution in [0.15, 0.2) is 30.3 Å². The van der Waals surface area contributed by atoms with Crippen molar-refractivity contribution in [3.63, 3.8) is 0 Å². The average Bonchev–Trinajstić information content (AvgIpc) is 3.15. The van der Waals surface area contributed by atoms with E-state index in [-0.39, 0.29) is 28.4 Å². The van der Waals surface area contributed by atoms with E-state index in [0.717, 1.165) is 5.56 Å². The number of cyclic esters (lactones) is 1. The van der Waals surface area contributed by atoms with Gasteiger partial charge in [0.1, 0.15) is 11.9 Å².